The summed E-state index contributed by atoms with van der Waals surface area (Å²) in [5.41, 5.74) is 6.92. The van der Waals surface area contributed by atoms with E-state index in [2.05, 4.69) is 0 Å². The quantitative estimate of drug-likeness (QED) is 0.819. The van der Waals surface area contributed by atoms with Gasteiger partial charge in [-0.25, -0.2) is 4.39 Å². The van der Waals surface area contributed by atoms with Gasteiger partial charge in [-0.15, -0.1) is 0 Å². The molecule has 0 aliphatic rings. The molecule has 18 heavy (non-hydrogen) atoms. The van der Waals surface area contributed by atoms with Gasteiger partial charge in [-0.3, -0.25) is 4.79 Å². The van der Waals surface area contributed by atoms with Crippen molar-refractivity contribution >= 4 is 5.97 Å². The second-order valence-electron chi connectivity index (χ2n) is 4.12. The monoisotopic (exact) mass is 255 g/mol. The van der Waals surface area contributed by atoms with Crippen molar-refractivity contribution in [2.45, 2.75) is 32.0 Å². The Morgan fingerprint density at radius 3 is 2.72 bits per heavy atom. The van der Waals surface area contributed by atoms with E-state index in [1.54, 1.807) is 18.2 Å². The van der Waals surface area contributed by atoms with Gasteiger partial charge >= 0.3 is 5.97 Å². The fourth-order valence-corrected chi connectivity index (χ4v) is 1.92. The summed E-state index contributed by atoms with van der Waals surface area (Å²) < 4.78 is 18.8. The summed E-state index contributed by atoms with van der Waals surface area (Å²) in [5.74, 6) is -0.475. The summed E-state index contributed by atoms with van der Waals surface area (Å²) in [6, 6.07) is 4.59. The van der Waals surface area contributed by atoms with E-state index in [1.807, 2.05) is 0 Å². The molecule has 0 radical (unpaired) electrons. The van der Waals surface area contributed by atoms with E-state index in [1.165, 1.54) is 14.0 Å². The molecule has 0 spiro atoms. The molecule has 2 unspecified atom stereocenters. The number of hydrogen-bond donors (Lipinski definition) is 2. The lowest BCUT2D eigenvalue weighted by atomic mass is 9.94. The maximum absolute atomic E-state index is 13.6. The van der Waals surface area contributed by atoms with Crippen LogP contribution in [0.3, 0.4) is 0 Å². The number of benzene rings is 1. The lowest BCUT2D eigenvalue weighted by Gasteiger charge is -2.19. The van der Waals surface area contributed by atoms with E-state index < -0.39 is 18.2 Å². The SMILES string of the molecule is COc1cccc(C(N)CCC(=O)O)c1C(C)F. The van der Waals surface area contributed by atoms with Crippen molar-refractivity contribution in [3.63, 3.8) is 0 Å². The van der Waals surface area contributed by atoms with Crippen molar-refractivity contribution in [1.29, 1.82) is 0 Å². The van der Waals surface area contributed by atoms with E-state index >= 15 is 0 Å². The van der Waals surface area contributed by atoms with Crippen LogP contribution < -0.4 is 10.5 Å². The fourth-order valence-electron chi connectivity index (χ4n) is 1.92. The van der Waals surface area contributed by atoms with Gasteiger partial charge in [0.25, 0.3) is 0 Å². The van der Waals surface area contributed by atoms with Crippen LogP contribution in [0.15, 0.2) is 18.2 Å². The van der Waals surface area contributed by atoms with Gasteiger partial charge in [-0.05, 0) is 25.0 Å². The first-order chi connectivity index (χ1) is 8.47. The molecule has 0 aliphatic carbocycles. The minimum Gasteiger partial charge on any atom is -0.496 e. The second kappa shape index (κ2) is 6.35. The number of alkyl halides is 1. The first-order valence-electron chi connectivity index (χ1n) is 5.75. The molecule has 5 heteroatoms. The number of aliphatic carboxylic acids is 1. The number of hydrogen-bond acceptors (Lipinski definition) is 3. The first-order valence-corrected chi connectivity index (χ1v) is 5.75. The standard InChI is InChI=1S/C13H18FNO3/c1-8(14)13-9(4-3-5-11(13)18-2)10(15)6-7-12(16)17/h3-5,8,10H,6-7,15H2,1-2H3,(H,16,17). The number of carboxylic acids is 1. The summed E-state index contributed by atoms with van der Waals surface area (Å²) in [6.45, 7) is 1.41. The van der Waals surface area contributed by atoms with Crippen LogP contribution >= 0.6 is 0 Å². The zero-order chi connectivity index (χ0) is 13.7. The number of nitrogens with two attached hydrogens (primary N) is 1. The van der Waals surface area contributed by atoms with Gasteiger partial charge in [0.2, 0.25) is 0 Å². The molecule has 100 valence electrons. The summed E-state index contributed by atoms with van der Waals surface area (Å²) in [5, 5.41) is 8.63. The molecule has 0 saturated carbocycles. The normalized spacial score (nSPS) is 14.0. The Labute approximate surface area is 106 Å². The van der Waals surface area contributed by atoms with Crippen LogP contribution in [-0.4, -0.2) is 18.2 Å². The van der Waals surface area contributed by atoms with E-state index in [0.717, 1.165) is 0 Å². The zero-order valence-electron chi connectivity index (χ0n) is 10.5. The highest BCUT2D eigenvalue weighted by Gasteiger charge is 2.20. The van der Waals surface area contributed by atoms with Crippen molar-refractivity contribution in [3.8, 4) is 5.75 Å². The van der Waals surface area contributed by atoms with E-state index in [4.69, 9.17) is 15.6 Å². The molecule has 1 rings (SSSR count). The van der Waals surface area contributed by atoms with E-state index in [-0.39, 0.29) is 12.8 Å². The van der Waals surface area contributed by atoms with Crippen molar-refractivity contribution in [2.24, 2.45) is 5.73 Å². The van der Waals surface area contributed by atoms with Crippen molar-refractivity contribution < 1.29 is 19.0 Å². The maximum Gasteiger partial charge on any atom is 0.303 e. The number of methoxy groups -OCH3 is 1. The molecule has 0 fully saturated rings. The van der Waals surface area contributed by atoms with Crippen LogP contribution in [0.2, 0.25) is 0 Å². The molecule has 0 amide bonds. The van der Waals surface area contributed by atoms with Crippen molar-refractivity contribution in [1.82, 2.24) is 0 Å². The number of carbonyl (C=O) groups is 1. The minimum atomic E-state index is -1.22. The summed E-state index contributed by atoms with van der Waals surface area (Å²) in [6.07, 6.45) is -0.993. The zero-order valence-corrected chi connectivity index (χ0v) is 10.5. The number of ether oxygens (including phenoxy) is 1. The van der Waals surface area contributed by atoms with Crippen LogP contribution in [0.1, 0.15) is 43.1 Å². The lowest BCUT2D eigenvalue weighted by Crippen LogP contribution is -2.15. The van der Waals surface area contributed by atoms with Crippen LogP contribution in [0.4, 0.5) is 4.39 Å². The maximum atomic E-state index is 13.6. The highest BCUT2D eigenvalue weighted by Crippen LogP contribution is 2.34. The molecular weight excluding hydrogens is 237 g/mol. The Hall–Kier alpha value is -1.62. The average Bonchev–Trinajstić information content (AvgIpc) is 2.34. The predicted octanol–water partition coefficient (Wildman–Crippen LogP) is 2.59. The van der Waals surface area contributed by atoms with Gasteiger partial charge < -0.3 is 15.6 Å². The molecule has 0 bridgehead atoms. The van der Waals surface area contributed by atoms with Crippen LogP contribution in [0.25, 0.3) is 0 Å². The Morgan fingerprint density at radius 1 is 1.56 bits per heavy atom. The smallest absolute Gasteiger partial charge is 0.303 e. The summed E-state index contributed by atoms with van der Waals surface area (Å²) in [7, 11) is 1.47. The number of carboxylic acid groups (broad SMARTS) is 1. The van der Waals surface area contributed by atoms with Gasteiger partial charge in [0.05, 0.1) is 7.11 Å². The summed E-state index contributed by atoms with van der Waals surface area (Å²) >= 11 is 0. The van der Waals surface area contributed by atoms with Gasteiger partial charge in [-0.1, -0.05) is 12.1 Å². The molecule has 0 aromatic heterocycles. The Morgan fingerprint density at radius 2 is 2.22 bits per heavy atom. The third kappa shape index (κ3) is 3.43. The third-order valence-corrected chi connectivity index (χ3v) is 2.79. The molecule has 0 heterocycles. The molecule has 0 aliphatic heterocycles. The van der Waals surface area contributed by atoms with Crippen molar-refractivity contribution in [3.05, 3.63) is 29.3 Å². The summed E-state index contributed by atoms with van der Waals surface area (Å²) in [4.78, 5) is 10.5. The molecule has 1 aromatic carbocycles. The first kappa shape index (κ1) is 14.4. The predicted molar refractivity (Wildman–Crippen MR) is 66.3 cm³/mol. The Balaban J connectivity index is 3.03. The minimum absolute atomic E-state index is 0.0432. The lowest BCUT2D eigenvalue weighted by molar-refractivity contribution is -0.137. The van der Waals surface area contributed by atoms with Crippen LogP contribution in [0, 0.1) is 0 Å². The fraction of sp³-hybridized carbons (Fsp3) is 0.462. The van der Waals surface area contributed by atoms with Crippen LogP contribution in [0.5, 0.6) is 5.75 Å². The van der Waals surface area contributed by atoms with Crippen molar-refractivity contribution in [2.75, 3.05) is 7.11 Å². The number of rotatable bonds is 6. The Kier molecular flexibility index (Phi) is 5.09. The second-order valence-corrected chi connectivity index (χ2v) is 4.12. The molecule has 0 saturated heterocycles. The average molecular weight is 255 g/mol. The van der Waals surface area contributed by atoms with Gasteiger partial charge in [0.1, 0.15) is 11.9 Å². The highest BCUT2D eigenvalue weighted by atomic mass is 19.1. The van der Waals surface area contributed by atoms with Gasteiger partial charge in [0, 0.05) is 18.0 Å². The molecule has 3 N–H and O–H groups in total. The number of halogens is 1. The van der Waals surface area contributed by atoms with Gasteiger partial charge in [0.15, 0.2) is 0 Å². The van der Waals surface area contributed by atoms with Gasteiger partial charge in [-0.2, -0.15) is 0 Å². The molecular formula is C13H18FNO3. The topological polar surface area (TPSA) is 72.5 Å². The molecule has 1 aromatic rings. The molecule has 4 nitrogen and oxygen atoms in total. The van der Waals surface area contributed by atoms with E-state index in [9.17, 15) is 9.18 Å². The molecule has 2 atom stereocenters. The van der Waals surface area contributed by atoms with E-state index in [0.29, 0.717) is 16.9 Å². The Bertz CT molecular complexity index is 421. The largest absolute Gasteiger partial charge is 0.496 e. The van der Waals surface area contributed by atoms with Crippen LogP contribution in [-0.2, 0) is 4.79 Å². The highest BCUT2D eigenvalue weighted by molar-refractivity contribution is 5.66. The third-order valence-electron chi connectivity index (χ3n) is 2.79.